The minimum absolute atomic E-state index is 0.0448. The Balaban J connectivity index is 1.01. The van der Waals surface area contributed by atoms with E-state index in [0.717, 1.165) is 30.6 Å². The average molecular weight is 641 g/mol. The van der Waals surface area contributed by atoms with Crippen molar-refractivity contribution in [1.82, 2.24) is 15.1 Å². The topological polar surface area (TPSA) is 104 Å². The number of amides is 2. The molecule has 9 nitrogen and oxygen atoms in total. The molecule has 6 atom stereocenters. The lowest BCUT2D eigenvalue weighted by Crippen LogP contribution is -2.65. The molecule has 47 heavy (non-hydrogen) atoms. The van der Waals surface area contributed by atoms with Crippen LogP contribution in [0.3, 0.4) is 0 Å². The maximum Gasteiger partial charge on any atom is 0.482 e. The number of ether oxygens (including phenoxy) is 1. The normalized spacial score (nSPS) is 27.6. The van der Waals surface area contributed by atoms with Crippen molar-refractivity contribution in [2.24, 2.45) is 23.2 Å². The van der Waals surface area contributed by atoms with E-state index in [1.807, 2.05) is 54.4 Å². The van der Waals surface area contributed by atoms with Gasteiger partial charge in [-0.2, -0.15) is 5.26 Å². The molecular formula is C37H49BN4O5. The molecule has 2 saturated heterocycles. The van der Waals surface area contributed by atoms with Gasteiger partial charge in [-0.05, 0) is 86.6 Å². The summed E-state index contributed by atoms with van der Waals surface area (Å²) in [6, 6.07) is 20.1. The summed E-state index contributed by atoms with van der Waals surface area (Å²) in [5.74, 6) is 0.595. The predicted octanol–water partition coefficient (Wildman–Crippen LogP) is 4.30. The molecular weight excluding hydrogens is 591 g/mol. The van der Waals surface area contributed by atoms with Crippen LogP contribution in [-0.2, 0) is 31.7 Å². The van der Waals surface area contributed by atoms with Gasteiger partial charge in [-0.15, -0.1) is 0 Å². The summed E-state index contributed by atoms with van der Waals surface area (Å²) in [4.78, 5) is 30.2. The smallest absolute Gasteiger partial charge is 0.482 e. The number of hydrogen-bond donors (Lipinski definition) is 1. The lowest BCUT2D eigenvalue weighted by Gasteiger charge is -2.64. The van der Waals surface area contributed by atoms with Crippen LogP contribution in [0.5, 0.6) is 5.75 Å². The van der Waals surface area contributed by atoms with Crippen LogP contribution in [0.2, 0.25) is 0 Å². The third-order valence-corrected chi connectivity index (χ3v) is 11.4. The fourth-order valence-corrected chi connectivity index (χ4v) is 8.29. The lowest BCUT2D eigenvalue weighted by atomic mass is 9.43. The highest BCUT2D eigenvalue weighted by Crippen LogP contribution is 2.65. The minimum Gasteiger partial charge on any atom is -0.493 e. The van der Waals surface area contributed by atoms with Crippen LogP contribution < -0.4 is 10.1 Å². The first kappa shape index (κ1) is 33.5. The van der Waals surface area contributed by atoms with Crippen molar-refractivity contribution in [3.05, 3.63) is 65.7 Å². The lowest BCUT2D eigenvalue weighted by molar-refractivity contribution is -0.199. The van der Waals surface area contributed by atoms with E-state index in [4.69, 9.17) is 14.0 Å². The number of hydrogen-bond acceptors (Lipinski definition) is 7. The predicted molar refractivity (Wildman–Crippen MR) is 180 cm³/mol. The van der Waals surface area contributed by atoms with Gasteiger partial charge in [-0.3, -0.25) is 9.59 Å². The zero-order valence-corrected chi connectivity index (χ0v) is 28.3. The van der Waals surface area contributed by atoms with Crippen molar-refractivity contribution in [1.29, 1.82) is 5.26 Å². The molecule has 2 bridgehead atoms. The summed E-state index contributed by atoms with van der Waals surface area (Å²) in [7, 11) is 1.53. The van der Waals surface area contributed by atoms with E-state index in [-0.39, 0.29) is 47.9 Å². The molecule has 0 aromatic heterocycles. The summed E-state index contributed by atoms with van der Waals surface area (Å²) in [6.45, 7) is 10.1. The molecule has 2 heterocycles. The van der Waals surface area contributed by atoms with Crippen LogP contribution in [0.1, 0.15) is 57.6 Å². The third kappa shape index (κ3) is 7.23. The highest BCUT2D eigenvalue weighted by molar-refractivity contribution is 6.48. The van der Waals surface area contributed by atoms with Crippen LogP contribution in [-0.4, -0.2) is 86.2 Å². The Bertz CT molecular complexity index is 1460. The Morgan fingerprint density at radius 1 is 1.06 bits per heavy atom. The second-order valence-corrected chi connectivity index (χ2v) is 14.8. The number of carbonyl (C=O) groups excluding carboxylic acids is 2. The molecule has 1 N–H and O–H groups in total. The van der Waals surface area contributed by atoms with Gasteiger partial charge in [0.2, 0.25) is 11.8 Å². The Kier molecular flexibility index (Phi) is 9.98. The first-order chi connectivity index (χ1) is 22.6. The van der Waals surface area contributed by atoms with Gasteiger partial charge in [0.05, 0.1) is 36.7 Å². The van der Waals surface area contributed by atoms with Gasteiger partial charge in [0.1, 0.15) is 11.7 Å². The maximum atomic E-state index is 13.3. The number of rotatable bonds is 12. The Morgan fingerprint density at radius 2 is 1.81 bits per heavy atom. The van der Waals surface area contributed by atoms with Crippen molar-refractivity contribution < 1.29 is 23.6 Å². The molecule has 3 saturated carbocycles. The number of aryl methyl sites for hydroxylation is 1. The van der Waals surface area contributed by atoms with Gasteiger partial charge >= 0.3 is 7.12 Å². The molecule has 0 radical (unpaired) electrons. The van der Waals surface area contributed by atoms with E-state index < -0.39 is 13.0 Å². The van der Waals surface area contributed by atoms with Crippen LogP contribution >= 0.6 is 0 Å². The molecule has 5 fully saturated rings. The highest BCUT2D eigenvalue weighted by Gasteiger charge is 2.68. The second-order valence-electron chi connectivity index (χ2n) is 14.8. The molecule has 0 spiro atoms. The van der Waals surface area contributed by atoms with Gasteiger partial charge in [0, 0.05) is 26.2 Å². The largest absolute Gasteiger partial charge is 0.493 e. The summed E-state index contributed by atoms with van der Waals surface area (Å²) in [5.41, 5.74) is 2.01. The van der Waals surface area contributed by atoms with Crippen molar-refractivity contribution >= 4 is 18.9 Å². The molecule has 7 rings (SSSR count). The zero-order chi connectivity index (χ0) is 33.2. The highest BCUT2D eigenvalue weighted by atomic mass is 16.7. The third-order valence-electron chi connectivity index (χ3n) is 11.4. The number of nitrogens with zero attached hydrogens (tertiary/aromatic N) is 3. The molecule has 250 valence electrons. The first-order valence-electron chi connectivity index (χ1n) is 17.3. The van der Waals surface area contributed by atoms with Gasteiger partial charge in [-0.1, -0.05) is 56.3 Å². The van der Waals surface area contributed by atoms with Crippen molar-refractivity contribution in [2.45, 2.75) is 76.9 Å². The second kappa shape index (κ2) is 14.0. The number of likely N-dealkylation sites (N-methyl/N-ethyl adjacent to an activating group) is 1. The number of piperazine rings is 1. The average Bonchev–Trinajstić information content (AvgIpc) is 3.43. The SMILES string of the molecule is CN1CCN(C(=O)C(C#N)CCc2cccc(OCCC(=O)N[C@@H](Cc3ccccc3)B3O[C@@H]4C[C@@H]5C[C@@H](C5(C)C)[C@]4(C)O3)c2)CC1. The fourth-order valence-electron chi connectivity index (χ4n) is 8.29. The summed E-state index contributed by atoms with van der Waals surface area (Å²) < 4.78 is 19.3. The monoisotopic (exact) mass is 640 g/mol. The molecule has 5 aliphatic rings. The quantitative estimate of drug-likeness (QED) is 0.345. The van der Waals surface area contributed by atoms with Crippen LogP contribution in [0.4, 0.5) is 0 Å². The van der Waals surface area contributed by atoms with Gasteiger partial charge < -0.3 is 29.2 Å². The fraction of sp³-hybridized carbons (Fsp3) is 0.595. The first-order valence-corrected chi connectivity index (χ1v) is 17.3. The Morgan fingerprint density at radius 3 is 2.53 bits per heavy atom. The molecule has 2 aromatic rings. The van der Waals surface area contributed by atoms with E-state index in [0.29, 0.717) is 49.9 Å². The molecule has 10 heteroatoms. The van der Waals surface area contributed by atoms with E-state index in [1.165, 1.54) is 6.42 Å². The molecule has 3 aliphatic carbocycles. The van der Waals surface area contributed by atoms with E-state index in [9.17, 15) is 14.9 Å². The summed E-state index contributed by atoms with van der Waals surface area (Å²) in [5, 5.41) is 12.9. The summed E-state index contributed by atoms with van der Waals surface area (Å²) in [6.07, 6.45) is 4.08. The van der Waals surface area contributed by atoms with Gasteiger partial charge in [-0.25, -0.2) is 0 Å². The Labute approximate surface area is 280 Å². The standard InChI is InChI=1S/C37H49BN4O5/c1-36(2)29-23-31(36)37(3)32(24-29)46-38(47-37)33(22-26-9-6-5-7-10-26)40-34(43)15-20-45-30-12-8-11-27(21-30)13-14-28(25-39)35(44)42-18-16-41(4)17-19-42/h5-12,21,28-29,31-33H,13-20,22-24H2,1-4H3,(H,40,43)/t28?,29-,31-,32+,33-,37-/m0/s1. The van der Waals surface area contributed by atoms with E-state index in [2.05, 4.69) is 49.2 Å². The van der Waals surface area contributed by atoms with Crippen LogP contribution in [0.15, 0.2) is 54.6 Å². The number of nitriles is 1. The number of nitrogens with one attached hydrogen (secondary N) is 1. The van der Waals surface area contributed by atoms with E-state index in [1.54, 1.807) is 0 Å². The van der Waals surface area contributed by atoms with Gasteiger partial charge in [0.15, 0.2) is 0 Å². The summed E-state index contributed by atoms with van der Waals surface area (Å²) >= 11 is 0. The zero-order valence-electron chi connectivity index (χ0n) is 28.3. The molecule has 2 amide bonds. The van der Waals surface area contributed by atoms with Crippen LogP contribution in [0, 0.1) is 34.5 Å². The van der Waals surface area contributed by atoms with Crippen molar-refractivity contribution in [2.75, 3.05) is 39.8 Å². The van der Waals surface area contributed by atoms with Crippen LogP contribution in [0.25, 0.3) is 0 Å². The van der Waals surface area contributed by atoms with E-state index >= 15 is 0 Å². The van der Waals surface area contributed by atoms with Crippen molar-refractivity contribution in [3.8, 4) is 11.8 Å². The number of benzene rings is 2. The Hall–Kier alpha value is -3.39. The molecule has 2 aliphatic heterocycles. The van der Waals surface area contributed by atoms with Gasteiger partial charge in [0.25, 0.3) is 0 Å². The number of carbonyl (C=O) groups is 2. The minimum atomic E-state index is -0.660. The molecule has 2 aromatic carbocycles. The van der Waals surface area contributed by atoms with Crippen molar-refractivity contribution in [3.63, 3.8) is 0 Å². The molecule has 1 unspecified atom stereocenters. The maximum absolute atomic E-state index is 13.3.